The van der Waals surface area contributed by atoms with Crippen molar-refractivity contribution in [1.82, 2.24) is 4.81 Å². The van der Waals surface area contributed by atoms with Crippen molar-refractivity contribution >= 4 is 47.2 Å². The summed E-state index contributed by atoms with van der Waals surface area (Å²) in [5, 5.41) is 4.21. The molecule has 26 heavy (non-hydrogen) atoms. The van der Waals surface area contributed by atoms with Crippen molar-refractivity contribution in [2.45, 2.75) is 78.8 Å². The van der Waals surface area contributed by atoms with Crippen molar-refractivity contribution in [2.24, 2.45) is 0 Å². The van der Waals surface area contributed by atoms with Gasteiger partial charge in [0, 0.05) is 0 Å². The Morgan fingerprint density at radius 3 is 1.77 bits per heavy atom. The molecule has 0 N–H and O–H groups in total. The van der Waals surface area contributed by atoms with Crippen LogP contribution in [0.15, 0.2) is 36.4 Å². The van der Waals surface area contributed by atoms with Crippen LogP contribution in [0.3, 0.4) is 0 Å². The molecule has 0 bridgehead atoms. The summed E-state index contributed by atoms with van der Waals surface area (Å²) in [6.45, 7) is 18.4. The lowest BCUT2D eigenvalue weighted by molar-refractivity contribution is 0.312. The fourth-order valence-corrected chi connectivity index (χ4v) is 7.91. The second-order valence-electron chi connectivity index (χ2n) is 8.29. The fourth-order valence-electron chi connectivity index (χ4n) is 4.20. The van der Waals surface area contributed by atoms with E-state index in [0.717, 1.165) is 0 Å². The SMILES string of the molecule is CC(C)N(B(Cl)c1cccc2cccc(P(C(C)C)C(C)C)c12)C(C)C. The Morgan fingerprint density at radius 1 is 0.808 bits per heavy atom. The van der Waals surface area contributed by atoms with Gasteiger partial charge in [-0.15, -0.1) is 0 Å². The molecule has 0 aliphatic rings. The lowest BCUT2D eigenvalue weighted by Gasteiger charge is -2.34. The van der Waals surface area contributed by atoms with Crippen molar-refractivity contribution in [1.29, 1.82) is 0 Å². The van der Waals surface area contributed by atoms with Crippen LogP contribution in [0.1, 0.15) is 55.4 Å². The van der Waals surface area contributed by atoms with Crippen LogP contribution in [0.2, 0.25) is 0 Å². The average Bonchev–Trinajstić information content (AvgIpc) is 2.53. The van der Waals surface area contributed by atoms with Crippen molar-refractivity contribution in [3.05, 3.63) is 36.4 Å². The molecular formula is C22H34BClNP. The molecule has 0 saturated carbocycles. The van der Waals surface area contributed by atoms with Crippen LogP contribution in [-0.2, 0) is 0 Å². The minimum Gasteiger partial charge on any atom is -0.320 e. The van der Waals surface area contributed by atoms with E-state index in [0.29, 0.717) is 23.4 Å². The monoisotopic (exact) mass is 389 g/mol. The normalized spacial score (nSPS) is 12.6. The average molecular weight is 390 g/mol. The molecule has 0 amide bonds. The summed E-state index contributed by atoms with van der Waals surface area (Å²) in [4.78, 5) is 2.40. The summed E-state index contributed by atoms with van der Waals surface area (Å²) in [5.74, 6) is 0. The molecule has 0 saturated heterocycles. The van der Waals surface area contributed by atoms with Crippen LogP contribution in [0.4, 0.5) is 0 Å². The second-order valence-corrected chi connectivity index (χ2v) is 12.1. The maximum absolute atomic E-state index is 7.11. The van der Waals surface area contributed by atoms with Gasteiger partial charge in [0.1, 0.15) is 0 Å². The largest absolute Gasteiger partial charge is 0.365 e. The van der Waals surface area contributed by atoms with E-state index in [1.54, 1.807) is 0 Å². The fraction of sp³-hybridized carbons (Fsp3) is 0.545. The predicted octanol–water partition coefficient (Wildman–Crippen LogP) is 5.82. The van der Waals surface area contributed by atoms with E-state index < -0.39 is 0 Å². The lowest BCUT2D eigenvalue weighted by atomic mass is 9.73. The smallest absolute Gasteiger partial charge is 0.320 e. The first-order chi connectivity index (χ1) is 12.2. The molecule has 2 aromatic carbocycles. The van der Waals surface area contributed by atoms with Crippen LogP contribution < -0.4 is 10.8 Å². The molecule has 0 aliphatic heterocycles. The second kappa shape index (κ2) is 9.09. The number of nitrogens with zero attached hydrogens (tertiary/aromatic N) is 1. The summed E-state index contributed by atoms with van der Waals surface area (Å²) < 4.78 is 0. The third kappa shape index (κ3) is 4.46. The van der Waals surface area contributed by atoms with E-state index >= 15 is 0 Å². The van der Waals surface area contributed by atoms with Crippen LogP contribution in [0.25, 0.3) is 10.8 Å². The molecule has 0 heterocycles. The van der Waals surface area contributed by atoms with Crippen molar-refractivity contribution in [3.63, 3.8) is 0 Å². The molecule has 142 valence electrons. The summed E-state index contributed by atoms with van der Waals surface area (Å²) in [6.07, 6.45) is -0.115. The Morgan fingerprint density at radius 2 is 1.31 bits per heavy atom. The van der Waals surface area contributed by atoms with E-state index in [-0.39, 0.29) is 14.2 Å². The number of hydrogen-bond donors (Lipinski definition) is 0. The third-order valence-corrected chi connectivity index (χ3v) is 8.63. The van der Waals surface area contributed by atoms with Crippen molar-refractivity contribution in [3.8, 4) is 0 Å². The molecular weight excluding hydrogens is 355 g/mol. The lowest BCUT2D eigenvalue weighted by Crippen LogP contribution is -2.52. The van der Waals surface area contributed by atoms with Gasteiger partial charge in [-0.1, -0.05) is 99.7 Å². The number of rotatable bonds is 7. The van der Waals surface area contributed by atoms with Gasteiger partial charge in [0.2, 0.25) is 0 Å². The molecule has 2 rings (SSSR count). The van der Waals surface area contributed by atoms with E-state index in [2.05, 4.69) is 96.6 Å². The summed E-state index contributed by atoms with van der Waals surface area (Å²) >= 11 is 7.11. The number of halogens is 1. The highest BCUT2D eigenvalue weighted by Gasteiger charge is 2.31. The van der Waals surface area contributed by atoms with Gasteiger partial charge in [0.15, 0.2) is 0 Å². The van der Waals surface area contributed by atoms with Gasteiger partial charge < -0.3 is 4.81 Å². The Bertz CT molecular complexity index is 708. The molecule has 0 aromatic heterocycles. The standard InChI is InChI=1S/C22H34BClNP/c1-15(2)25(16(3)4)23(24)20-13-9-11-19-12-10-14-21(22(19)20)26(17(5)6)18(7)8/h9-18H,1-8H3. The third-order valence-electron chi connectivity index (χ3n) is 5.02. The topological polar surface area (TPSA) is 3.24 Å². The first-order valence-corrected chi connectivity index (χ1v) is 11.8. The molecule has 0 aliphatic carbocycles. The van der Waals surface area contributed by atoms with E-state index in [1.807, 2.05) is 0 Å². The molecule has 2 aromatic rings. The van der Waals surface area contributed by atoms with Crippen LogP contribution >= 0.6 is 19.4 Å². The van der Waals surface area contributed by atoms with Gasteiger partial charge >= 0.3 is 6.26 Å². The van der Waals surface area contributed by atoms with Crippen LogP contribution in [-0.4, -0.2) is 34.5 Å². The van der Waals surface area contributed by atoms with Crippen molar-refractivity contribution in [2.75, 3.05) is 0 Å². The van der Waals surface area contributed by atoms with Gasteiger partial charge in [0.25, 0.3) is 0 Å². The van der Waals surface area contributed by atoms with Gasteiger partial charge in [-0.25, -0.2) is 0 Å². The van der Waals surface area contributed by atoms with Gasteiger partial charge in [-0.2, -0.15) is 11.5 Å². The Kier molecular flexibility index (Phi) is 7.60. The molecule has 4 heteroatoms. The molecule has 1 nitrogen and oxygen atoms in total. The Labute approximate surface area is 167 Å². The first-order valence-electron chi connectivity index (χ1n) is 9.88. The van der Waals surface area contributed by atoms with E-state index in [1.165, 1.54) is 21.5 Å². The van der Waals surface area contributed by atoms with Crippen LogP contribution in [0.5, 0.6) is 0 Å². The number of hydrogen-bond acceptors (Lipinski definition) is 1. The molecule has 0 fully saturated rings. The van der Waals surface area contributed by atoms with E-state index in [4.69, 9.17) is 11.5 Å². The Balaban J connectivity index is 2.72. The maximum atomic E-state index is 7.11. The quantitative estimate of drug-likeness (QED) is 0.426. The predicted molar refractivity (Wildman–Crippen MR) is 124 cm³/mol. The maximum Gasteiger partial charge on any atom is 0.365 e. The first kappa shape index (κ1) is 21.7. The van der Waals surface area contributed by atoms with Gasteiger partial charge in [0.05, 0.1) is 0 Å². The molecule has 0 spiro atoms. The minimum atomic E-state index is -0.242. The summed E-state index contributed by atoms with van der Waals surface area (Å²) in [6, 6.07) is 14.2. The highest BCUT2D eigenvalue weighted by Crippen LogP contribution is 2.46. The number of benzene rings is 2. The zero-order valence-electron chi connectivity index (χ0n) is 17.6. The Hall–Kier alpha value is -0.555. The highest BCUT2D eigenvalue weighted by molar-refractivity contribution is 7.67. The molecule has 0 atom stereocenters. The van der Waals surface area contributed by atoms with Crippen LogP contribution in [0, 0.1) is 0 Å². The number of fused-ring (bicyclic) bond motifs is 1. The van der Waals surface area contributed by atoms with Gasteiger partial charge in [-0.05, 0) is 44.9 Å². The summed E-state index contributed by atoms with van der Waals surface area (Å²) in [5.41, 5.74) is 2.57. The zero-order chi connectivity index (χ0) is 19.6. The summed E-state index contributed by atoms with van der Waals surface area (Å²) in [7, 11) is -0.242. The highest BCUT2D eigenvalue weighted by atomic mass is 35.5. The molecule has 0 radical (unpaired) electrons. The molecule has 0 unspecified atom stereocenters. The minimum absolute atomic E-state index is 0.115. The van der Waals surface area contributed by atoms with Crippen molar-refractivity contribution < 1.29 is 0 Å². The van der Waals surface area contributed by atoms with E-state index in [9.17, 15) is 0 Å². The van der Waals surface area contributed by atoms with Gasteiger partial charge in [-0.3, -0.25) is 0 Å². The zero-order valence-corrected chi connectivity index (χ0v) is 19.3.